The molecule has 0 bridgehead atoms. The topological polar surface area (TPSA) is 0 Å². The molecule has 1 unspecified atom stereocenters. The SMILES string of the molecule is CCC1=Cc2c(ccc(C(C)C)c2-c2ccccc2-c2ccccc2)[CH]1[Zr]([Cl])([Cl])[c]1cccc2c1[SiH2]c1ccccc1-2. The van der Waals surface area contributed by atoms with Crippen LogP contribution in [0.4, 0.5) is 0 Å². The van der Waals surface area contributed by atoms with Gasteiger partial charge in [0.1, 0.15) is 0 Å². The molecule has 4 heteroatoms. The minimum absolute atomic E-state index is 0.0932. The third kappa shape index (κ3) is 4.58. The molecule has 0 spiro atoms. The van der Waals surface area contributed by atoms with Gasteiger partial charge >= 0.3 is 266 Å². The van der Waals surface area contributed by atoms with Crippen molar-refractivity contribution in [1.82, 2.24) is 0 Å². The normalized spacial score (nSPS) is 16.0. The van der Waals surface area contributed by atoms with Crippen molar-refractivity contribution in [3.63, 3.8) is 0 Å². The zero-order chi connectivity index (χ0) is 29.0. The van der Waals surface area contributed by atoms with E-state index in [0.29, 0.717) is 5.92 Å². The van der Waals surface area contributed by atoms with Crippen LogP contribution in [-0.2, 0) is 17.9 Å². The molecule has 1 aliphatic heterocycles. The number of hydrogen-bond donors (Lipinski definition) is 0. The Hall–Kier alpha value is -2.48. The van der Waals surface area contributed by atoms with Crippen LogP contribution in [0.15, 0.2) is 115 Å². The Kier molecular flexibility index (Phi) is 7.56. The van der Waals surface area contributed by atoms with E-state index in [1.54, 1.807) is 0 Å². The van der Waals surface area contributed by atoms with Crippen molar-refractivity contribution in [3.05, 3.63) is 131 Å². The van der Waals surface area contributed by atoms with Crippen LogP contribution in [-0.4, -0.2) is 9.52 Å². The second-order valence-electron chi connectivity index (χ2n) is 11.9. The monoisotopic (exact) mass is 678 g/mol. The molecule has 2 aliphatic rings. The van der Waals surface area contributed by atoms with Crippen molar-refractivity contribution < 1.29 is 17.9 Å². The average molecular weight is 681 g/mol. The molecule has 0 aromatic heterocycles. The van der Waals surface area contributed by atoms with Crippen LogP contribution in [0.1, 0.15) is 53.4 Å². The van der Waals surface area contributed by atoms with Gasteiger partial charge in [-0.2, -0.15) is 0 Å². The summed E-state index contributed by atoms with van der Waals surface area (Å²) in [6, 6.07) is 40.0. The Bertz CT molecular complexity index is 1860. The second-order valence-corrected chi connectivity index (χ2v) is 27.7. The van der Waals surface area contributed by atoms with Gasteiger partial charge in [0.2, 0.25) is 0 Å². The first-order chi connectivity index (χ1) is 20.4. The van der Waals surface area contributed by atoms with Gasteiger partial charge in [-0.15, -0.1) is 0 Å². The summed E-state index contributed by atoms with van der Waals surface area (Å²) < 4.78 is 1.39. The molecule has 0 fully saturated rings. The molecule has 0 nitrogen and oxygen atoms in total. The van der Waals surface area contributed by atoms with Gasteiger partial charge in [0.15, 0.2) is 0 Å². The molecule has 0 saturated heterocycles. The molecule has 5 aromatic carbocycles. The van der Waals surface area contributed by atoms with Crippen LogP contribution >= 0.6 is 17.0 Å². The standard InChI is InChI=1S/C26H25.C12H9Si.2ClH.Zr/c1-4-19-16-21-14-15-22(18(2)3)26(25(21)17-19)24-13-9-8-12-23(24)20-10-6-5-7-11-20;1-3-7-11-9(5-1)10-6-2-4-8-12(10)13-11;;;/h5-18H,4H2,1-3H3;1-7H,13H2;2*1H;/q;;;;+2/p-2. The summed E-state index contributed by atoms with van der Waals surface area (Å²) in [5.74, 6) is 0.383. The van der Waals surface area contributed by atoms with Crippen molar-refractivity contribution in [1.29, 1.82) is 0 Å². The first kappa shape index (κ1) is 28.3. The van der Waals surface area contributed by atoms with E-state index >= 15 is 0 Å². The zero-order valence-electron chi connectivity index (χ0n) is 24.3. The number of halogens is 2. The molecule has 0 amide bonds. The molecule has 0 radical (unpaired) electrons. The molecule has 5 aromatic rings. The first-order valence-electron chi connectivity index (χ1n) is 15.0. The van der Waals surface area contributed by atoms with E-state index in [1.165, 1.54) is 69.3 Å². The summed E-state index contributed by atoms with van der Waals surface area (Å²) in [7, 11) is 15.1. The van der Waals surface area contributed by atoms with Gasteiger partial charge in [-0.3, -0.25) is 0 Å². The van der Waals surface area contributed by atoms with Crippen molar-refractivity contribution in [2.24, 2.45) is 0 Å². The fraction of sp³-hybridized carbons (Fsp3) is 0.158. The van der Waals surface area contributed by atoms with Gasteiger partial charge in [0.25, 0.3) is 0 Å². The van der Waals surface area contributed by atoms with Crippen LogP contribution in [0.5, 0.6) is 0 Å². The Labute approximate surface area is 263 Å². The van der Waals surface area contributed by atoms with E-state index in [-0.39, 0.29) is 3.63 Å². The first-order valence-corrected chi connectivity index (χ1v) is 25.4. The summed E-state index contributed by atoms with van der Waals surface area (Å²) >= 11 is -4.00. The van der Waals surface area contributed by atoms with E-state index in [2.05, 4.69) is 136 Å². The predicted octanol–water partition coefficient (Wildman–Crippen LogP) is 8.88. The minimum atomic E-state index is -4.00. The summed E-state index contributed by atoms with van der Waals surface area (Å²) in [4.78, 5) is 0. The molecular formula is C38H34Cl2SiZr. The molecule has 0 N–H and O–H groups in total. The number of allylic oxidation sites excluding steroid dienone is 1. The van der Waals surface area contributed by atoms with Crippen molar-refractivity contribution in [2.45, 2.75) is 36.7 Å². The van der Waals surface area contributed by atoms with Crippen LogP contribution in [0.25, 0.3) is 39.5 Å². The van der Waals surface area contributed by atoms with Crippen LogP contribution < -0.4 is 13.6 Å². The third-order valence-electron chi connectivity index (χ3n) is 9.21. The molecule has 208 valence electrons. The molecule has 0 saturated carbocycles. The molecular weight excluding hydrogens is 647 g/mol. The third-order valence-corrected chi connectivity index (χ3v) is 23.6. The quantitative estimate of drug-likeness (QED) is 0.154. The molecule has 1 atom stereocenters. The molecule has 7 rings (SSSR count). The van der Waals surface area contributed by atoms with Gasteiger partial charge < -0.3 is 0 Å². The van der Waals surface area contributed by atoms with Gasteiger partial charge in [0.05, 0.1) is 0 Å². The van der Waals surface area contributed by atoms with Crippen molar-refractivity contribution >= 4 is 46.3 Å². The van der Waals surface area contributed by atoms with Crippen molar-refractivity contribution in [2.75, 3.05) is 0 Å². The second kappa shape index (κ2) is 11.2. The number of rotatable bonds is 6. The van der Waals surface area contributed by atoms with Gasteiger partial charge in [0, 0.05) is 0 Å². The Morgan fingerprint density at radius 2 is 1.38 bits per heavy atom. The Balaban J connectivity index is 1.43. The summed E-state index contributed by atoms with van der Waals surface area (Å²) in [5, 5.41) is 2.99. The summed E-state index contributed by atoms with van der Waals surface area (Å²) in [6.45, 7) is 6.87. The fourth-order valence-corrected chi connectivity index (χ4v) is 24.2. The Morgan fingerprint density at radius 3 is 2.12 bits per heavy atom. The van der Waals surface area contributed by atoms with E-state index in [1.807, 2.05) is 0 Å². The molecule has 1 heterocycles. The maximum atomic E-state index is 7.88. The number of fused-ring (bicyclic) bond motifs is 4. The molecule has 42 heavy (non-hydrogen) atoms. The van der Waals surface area contributed by atoms with Crippen LogP contribution in [0.3, 0.4) is 0 Å². The van der Waals surface area contributed by atoms with Gasteiger partial charge in [-0.05, 0) is 0 Å². The van der Waals surface area contributed by atoms with Gasteiger partial charge in [-0.1, -0.05) is 0 Å². The summed E-state index contributed by atoms with van der Waals surface area (Å²) in [6.07, 6.45) is 3.40. The van der Waals surface area contributed by atoms with Crippen LogP contribution in [0.2, 0.25) is 0 Å². The number of benzene rings is 5. The van der Waals surface area contributed by atoms with E-state index in [4.69, 9.17) is 17.0 Å². The van der Waals surface area contributed by atoms with Crippen molar-refractivity contribution in [3.8, 4) is 33.4 Å². The average Bonchev–Trinajstić information content (AvgIpc) is 3.60. The maximum absolute atomic E-state index is 7.88. The number of hydrogen-bond acceptors (Lipinski definition) is 0. The predicted molar refractivity (Wildman–Crippen MR) is 183 cm³/mol. The summed E-state index contributed by atoms with van der Waals surface area (Å²) in [5.41, 5.74) is 13.3. The van der Waals surface area contributed by atoms with Crippen LogP contribution in [0, 0.1) is 0 Å². The van der Waals surface area contributed by atoms with E-state index < -0.39 is 27.4 Å². The molecule has 1 aliphatic carbocycles. The fourth-order valence-electron chi connectivity index (χ4n) is 7.24. The van der Waals surface area contributed by atoms with E-state index in [0.717, 1.165) is 6.42 Å². The van der Waals surface area contributed by atoms with Gasteiger partial charge in [-0.25, -0.2) is 0 Å². The van der Waals surface area contributed by atoms with E-state index in [9.17, 15) is 0 Å². The Morgan fingerprint density at radius 1 is 0.714 bits per heavy atom. The zero-order valence-corrected chi connectivity index (χ0v) is 29.7.